The molecule has 0 spiro atoms. The molecular formula is C18H25N3O2. The number of nitrogens with zero attached hydrogens (tertiary/aromatic N) is 3. The second kappa shape index (κ2) is 6.81. The fourth-order valence-corrected chi connectivity index (χ4v) is 3.46. The summed E-state index contributed by atoms with van der Waals surface area (Å²) in [4.78, 5) is 6.85. The van der Waals surface area contributed by atoms with Gasteiger partial charge in [-0.05, 0) is 50.8 Å². The molecule has 1 fully saturated rings. The molecule has 2 atom stereocenters. The van der Waals surface area contributed by atoms with Crippen LogP contribution in [0.5, 0.6) is 0 Å². The van der Waals surface area contributed by atoms with Crippen molar-refractivity contribution in [3.8, 4) is 0 Å². The lowest BCUT2D eigenvalue weighted by molar-refractivity contribution is 0.173. The van der Waals surface area contributed by atoms with Gasteiger partial charge in [0.2, 0.25) is 5.89 Å². The third-order valence-electron chi connectivity index (χ3n) is 4.75. The van der Waals surface area contributed by atoms with Gasteiger partial charge in [-0.15, -0.1) is 0 Å². The number of rotatable bonds is 5. The van der Waals surface area contributed by atoms with Gasteiger partial charge in [0.1, 0.15) is 6.61 Å². The molecule has 5 heteroatoms. The molecule has 124 valence electrons. The van der Waals surface area contributed by atoms with Crippen LogP contribution in [-0.2, 0) is 11.3 Å². The quantitative estimate of drug-likeness (QED) is 0.846. The maximum absolute atomic E-state index is 5.39. The molecule has 1 aliphatic rings. The predicted molar refractivity (Wildman–Crippen MR) is 88.3 cm³/mol. The molecule has 2 heterocycles. The van der Waals surface area contributed by atoms with E-state index in [4.69, 9.17) is 9.26 Å². The van der Waals surface area contributed by atoms with Crippen molar-refractivity contribution in [3.63, 3.8) is 0 Å². The van der Waals surface area contributed by atoms with Crippen LogP contribution >= 0.6 is 0 Å². The normalized spacial score (nSPS) is 20.1. The van der Waals surface area contributed by atoms with Crippen molar-refractivity contribution < 1.29 is 9.26 Å². The molecule has 2 unspecified atom stereocenters. The summed E-state index contributed by atoms with van der Waals surface area (Å²) in [5, 5.41) is 3.96. The molecule has 0 bridgehead atoms. The van der Waals surface area contributed by atoms with E-state index in [0.29, 0.717) is 24.2 Å². The standard InChI is InChI=1S/C18H25N3O2/c1-12-5-6-16(13(2)9-12)15-7-8-21(10-15)14(3)18-19-17(11-22-4)20-23-18/h5-6,9,14-15H,7-8,10-11H2,1-4H3. The van der Waals surface area contributed by atoms with Gasteiger partial charge in [-0.1, -0.05) is 28.9 Å². The van der Waals surface area contributed by atoms with E-state index >= 15 is 0 Å². The zero-order valence-corrected chi connectivity index (χ0v) is 14.4. The maximum atomic E-state index is 5.39. The van der Waals surface area contributed by atoms with Gasteiger partial charge in [0, 0.05) is 13.7 Å². The van der Waals surface area contributed by atoms with Crippen LogP contribution in [0.1, 0.15) is 53.7 Å². The van der Waals surface area contributed by atoms with E-state index < -0.39 is 0 Å². The summed E-state index contributed by atoms with van der Waals surface area (Å²) in [6.45, 7) is 8.97. The van der Waals surface area contributed by atoms with E-state index in [9.17, 15) is 0 Å². The number of ether oxygens (including phenoxy) is 1. The Labute approximate surface area is 137 Å². The summed E-state index contributed by atoms with van der Waals surface area (Å²) in [6.07, 6.45) is 1.17. The van der Waals surface area contributed by atoms with Gasteiger partial charge in [-0.3, -0.25) is 4.90 Å². The van der Waals surface area contributed by atoms with E-state index in [1.54, 1.807) is 7.11 Å². The number of likely N-dealkylation sites (tertiary alicyclic amines) is 1. The highest BCUT2D eigenvalue weighted by atomic mass is 16.5. The highest BCUT2D eigenvalue weighted by Gasteiger charge is 2.31. The maximum Gasteiger partial charge on any atom is 0.243 e. The van der Waals surface area contributed by atoms with Crippen molar-refractivity contribution in [1.82, 2.24) is 15.0 Å². The zero-order valence-electron chi connectivity index (χ0n) is 14.4. The zero-order chi connectivity index (χ0) is 16.4. The van der Waals surface area contributed by atoms with E-state index in [1.165, 1.54) is 23.1 Å². The first-order valence-electron chi connectivity index (χ1n) is 8.21. The van der Waals surface area contributed by atoms with E-state index in [-0.39, 0.29) is 6.04 Å². The van der Waals surface area contributed by atoms with Crippen LogP contribution in [0.2, 0.25) is 0 Å². The Balaban J connectivity index is 1.68. The van der Waals surface area contributed by atoms with Crippen molar-refractivity contribution >= 4 is 0 Å². The molecule has 1 aliphatic heterocycles. The first-order chi connectivity index (χ1) is 11.1. The Morgan fingerprint density at radius 3 is 2.96 bits per heavy atom. The Bertz CT molecular complexity index is 668. The summed E-state index contributed by atoms with van der Waals surface area (Å²) in [7, 11) is 1.63. The molecule has 0 radical (unpaired) electrons. The molecule has 1 saturated heterocycles. The fourth-order valence-electron chi connectivity index (χ4n) is 3.46. The van der Waals surface area contributed by atoms with Crippen molar-refractivity contribution in [2.75, 3.05) is 20.2 Å². The summed E-state index contributed by atoms with van der Waals surface area (Å²) in [5.41, 5.74) is 4.19. The number of methoxy groups -OCH3 is 1. The van der Waals surface area contributed by atoms with Gasteiger partial charge in [0.05, 0.1) is 6.04 Å². The van der Waals surface area contributed by atoms with Crippen LogP contribution in [0.25, 0.3) is 0 Å². The molecule has 23 heavy (non-hydrogen) atoms. The Kier molecular flexibility index (Phi) is 4.78. The lowest BCUT2D eigenvalue weighted by Gasteiger charge is -2.21. The van der Waals surface area contributed by atoms with Crippen molar-refractivity contribution in [3.05, 3.63) is 46.6 Å². The lowest BCUT2D eigenvalue weighted by Crippen LogP contribution is -2.24. The summed E-state index contributed by atoms with van der Waals surface area (Å²) in [5.74, 6) is 1.87. The summed E-state index contributed by atoms with van der Waals surface area (Å²) in [6, 6.07) is 6.91. The second-order valence-corrected chi connectivity index (χ2v) is 6.50. The Morgan fingerprint density at radius 1 is 1.39 bits per heavy atom. The van der Waals surface area contributed by atoms with E-state index in [1.807, 2.05) is 0 Å². The smallest absolute Gasteiger partial charge is 0.243 e. The van der Waals surface area contributed by atoms with Gasteiger partial charge in [-0.2, -0.15) is 4.98 Å². The molecular weight excluding hydrogens is 290 g/mol. The van der Waals surface area contributed by atoms with Crippen LogP contribution in [0.3, 0.4) is 0 Å². The van der Waals surface area contributed by atoms with Crippen molar-refractivity contribution in [1.29, 1.82) is 0 Å². The minimum Gasteiger partial charge on any atom is -0.377 e. The van der Waals surface area contributed by atoms with Crippen molar-refractivity contribution in [2.45, 2.75) is 45.8 Å². The van der Waals surface area contributed by atoms with Gasteiger partial charge < -0.3 is 9.26 Å². The molecule has 1 aromatic carbocycles. The Hall–Kier alpha value is -1.72. The molecule has 1 aromatic heterocycles. The first-order valence-corrected chi connectivity index (χ1v) is 8.21. The molecule has 2 aromatic rings. The number of aryl methyl sites for hydroxylation is 2. The van der Waals surface area contributed by atoms with E-state index in [2.05, 4.69) is 54.0 Å². The molecule has 0 amide bonds. The van der Waals surface area contributed by atoms with Gasteiger partial charge in [0.15, 0.2) is 5.82 Å². The second-order valence-electron chi connectivity index (χ2n) is 6.50. The first kappa shape index (κ1) is 16.1. The van der Waals surface area contributed by atoms with Crippen LogP contribution < -0.4 is 0 Å². The molecule has 0 saturated carbocycles. The topological polar surface area (TPSA) is 51.4 Å². The number of benzene rings is 1. The molecule has 0 N–H and O–H groups in total. The predicted octanol–water partition coefficient (Wildman–Crippen LogP) is 3.38. The van der Waals surface area contributed by atoms with Crippen LogP contribution in [0.4, 0.5) is 0 Å². The highest BCUT2D eigenvalue weighted by molar-refractivity contribution is 5.34. The lowest BCUT2D eigenvalue weighted by atomic mass is 9.93. The van der Waals surface area contributed by atoms with Crippen molar-refractivity contribution in [2.24, 2.45) is 0 Å². The third kappa shape index (κ3) is 3.46. The molecule has 0 aliphatic carbocycles. The summed E-state index contributed by atoms with van der Waals surface area (Å²) >= 11 is 0. The third-order valence-corrected chi connectivity index (χ3v) is 4.75. The minimum absolute atomic E-state index is 0.142. The van der Waals surface area contributed by atoms with Gasteiger partial charge >= 0.3 is 0 Å². The van der Waals surface area contributed by atoms with E-state index in [0.717, 1.165) is 13.1 Å². The number of aromatic nitrogens is 2. The molecule has 3 rings (SSSR count). The number of hydrogen-bond acceptors (Lipinski definition) is 5. The van der Waals surface area contributed by atoms with Gasteiger partial charge in [-0.25, -0.2) is 0 Å². The fraction of sp³-hybridized carbons (Fsp3) is 0.556. The average Bonchev–Trinajstić information content (AvgIpc) is 3.16. The number of hydrogen-bond donors (Lipinski definition) is 0. The van der Waals surface area contributed by atoms with Crippen LogP contribution in [0, 0.1) is 13.8 Å². The SMILES string of the molecule is COCc1noc(C(C)N2CCC(c3ccc(C)cc3C)C2)n1. The van der Waals surface area contributed by atoms with Gasteiger partial charge in [0.25, 0.3) is 0 Å². The Morgan fingerprint density at radius 2 is 2.22 bits per heavy atom. The average molecular weight is 315 g/mol. The van der Waals surface area contributed by atoms with Crippen LogP contribution in [0.15, 0.2) is 22.7 Å². The highest BCUT2D eigenvalue weighted by Crippen LogP contribution is 2.34. The van der Waals surface area contributed by atoms with Crippen LogP contribution in [-0.4, -0.2) is 35.2 Å². The molecule has 5 nitrogen and oxygen atoms in total. The minimum atomic E-state index is 0.142. The largest absolute Gasteiger partial charge is 0.377 e. The summed E-state index contributed by atoms with van der Waals surface area (Å²) < 4.78 is 10.4. The monoisotopic (exact) mass is 315 g/mol.